The summed E-state index contributed by atoms with van der Waals surface area (Å²) in [6.07, 6.45) is 0. The summed E-state index contributed by atoms with van der Waals surface area (Å²) in [4.78, 5) is 81.8. The molecule has 726 valence electrons. The number of hydrogen-bond donors (Lipinski definition) is 6. The van der Waals surface area contributed by atoms with E-state index in [9.17, 15) is 19.2 Å². The lowest BCUT2D eigenvalue weighted by Gasteiger charge is -2.14. The Bertz CT molecular complexity index is 7060. The maximum absolute atomic E-state index is 13.9. The van der Waals surface area contributed by atoms with E-state index in [1.165, 1.54) is 39.5 Å². The molecule has 15 aromatic carbocycles. The van der Waals surface area contributed by atoms with Crippen LogP contribution in [-0.2, 0) is 0 Å². The van der Waals surface area contributed by atoms with Gasteiger partial charge in [0.25, 0.3) is 0 Å². The van der Waals surface area contributed by atoms with Crippen molar-refractivity contribution in [1.82, 2.24) is 29.9 Å². The van der Waals surface area contributed by atoms with E-state index in [0.29, 0.717) is 85.9 Å². The summed E-state index contributed by atoms with van der Waals surface area (Å²) < 4.78 is 76.9. The predicted molar refractivity (Wildman–Crippen MR) is 558 cm³/mol. The summed E-state index contributed by atoms with van der Waals surface area (Å²) in [5.41, 5.74) is 11.0. The smallest absolute Gasteiger partial charge is 0.347 e. The highest BCUT2D eigenvalue weighted by atomic mass is 16.6. The molecule has 0 radical (unpaired) electrons. The van der Waals surface area contributed by atoms with E-state index >= 15 is 0 Å². The first-order chi connectivity index (χ1) is 71.4. The van der Waals surface area contributed by atoms with Gasteiger partial charge in [0.15, 0.2) is 23.0 Å². The van der Waals surface area contributed by atoms with E-state index in [-0.39, 0.29) is 69.0 Å². The Labute approximate surface area is 842 Å². The molecule has 0 amide bonds. The maximum atomic E-state index is 13.9. The number of carbonyl (C=O) groups is 4. The highest BCUT2D eigenvalue weighted by Crippen LogP contribution is 2.38. The molecule has 0 atom stereocenters. The number of nitrogens with one attached hydrogen (secondary N) is 6. The first kappa shape index (κ1) is 100. The van der Waals surface area contributed by atoms with Crippen LogP contribution in [0.4, 0.5) is 69.8 Å². The normalized spacial score (nSPS) is 10.2. The molecule has 17 aromatic rings. The first-order valence-electron chi connectivity index (χ1n) is 44.9. The predicted octanol–water partition coefficient (Wildman–Crippen LogP) is 22.7. The lowest BCUT2D eigenvalue weighted by molar-refractivity contribution is 0.0713. The van der Waals surface area contributed by atoms with Gasteiger partial charge in [-0.2, -0.15) is 29.9 Å². The number of aromatic nitrogens is 6. The number of methoxy groups -OCH3 is 10. The highest BCUT2D eigenvalue weighted by molar-refractivity contribution is 5.97. The number of esters is 4. The van der Waals surface area contributed by atoms with Crippen molar-refractivity contribution in [2.24, 2.45) is 0 Å². The fourth-order valence-corrected chi connectivity index (χ4v) is 14.0. The average Bonchev–Trinajstić information content (AvgIpc) is 0.808. The largest absolute Gasteiger partial charge is 0.497 e. The molecule has 146 heavy (non-hydrogen) atoms. The van der Waals surface area contributed by atoms with Gasteiger partial charge in [-0.15, -0.1) is 0 Å². The summed E-state index contributed by atoms with van der Waals surface area (Å²) in [6, 6.07) is 104. The van der Waals surface area contributed by atoms with E-state index in [2.05, 4.69) is 97.3 Å². The van der Waals surface area contributed by atoms with Gasteiger partial charge in [0.2, 0.25) is 35.7 Å². The molecule has 0 fully saturated rings. The zero-order valence-corrected chi connectivity index (χ0v) is 80.5. The van der Waals surface area contributed by atoms with E-state index in [1.807, 2.05) is 218 Å². The fraction of sp³-hybridized carbons (Fsp3) is 0.0862. The molecule has 0 bridgehead atoms. The highest BCUT2D eigenvalue weighted by Gasteiger charge is 2.25. The Balaban J connectivity index is 0.000000172. The second kappa shape index (κ2) is 49.8. The van der Waals surface area contributed by atoms with Crippen LogP contribution in [0.1, 0.15) is 74.8 Å². The molecule has 0 aliphatic rings. The van der Waals surface area contributed by atoms with Crippen LogP contribution in [0.25, 0.3) is 11.1 Å². The van der Waals surface area contributed by atoms with Gasteiger partial charge >= 0.3 is 23.9 Å². The van der Waals surface area contributed by atoms with Gasteiger partial charge in [0, 0.05) is 97.8 Å². The van der Waals surface area contributed by atoms with Crippen LogP contribution >= 0.6 is 0 Å². The molecule has 17 rings (SSSR count). The van der Waals surface area contributed by atoms with E-state index < -0.39 is 23.9 Å². The van der Waals surface area contributed by atoms with Gasteiger partial charge in [-0.3, -0.25) is 0 Å². The van der Waals surface area contributed by atoms with Gasteiger partial charge < -0.3 is 98.2 Å². The molecule has 0 aliphatic carbocycles. The van der Waals surface area contributed by atoms with E-state index in [4.69, 9.17) is 66.3 Å². The van der Waals surface area contributed by atoms with Crippen LogP contribution in [0, 0.1) is 35.5 Å². The number of carbonyl (C=O) groups excluding carboxylic acids is 4. The van der Waals surface area contributed by atoms with Crippen LogP contribution in [-0.4, -0.2) is 125 Å². The minimum atomic E-state index is -0.825. The lowest BCUT2D eigenvalue weighted by atomic mass is 10.1. The number of hydrogen-bond acceptors (Lipinski definition) is 30. The molecule has 2 aromatic heterocycles. The topological polar surface area (TPSA) is 347 Å². The zero-order valence-electron chi connectivity index (χ0n) is 80.5. The molecule has 0 unspecified atom stereocenters. The Hall–Kier alpha value is -20.3. The average molecular weight is 1940 g/mol. The van der Waals surface area contributed by atoms with Crippen molar-refractivity contribution in [2.45, 2.75) is 0 Å². The van der Waals surface area contributed by atoms with Gasteiger partial charge in [0.1, 0.15) is 74.2 Å². The van der Waals surface area contributed by atoms with Crippen molar-refractivity contribution in [3.63, 3.8) is 0 Å². The summed E-state index contributed by atoms with van der Waals surface area (Å²) in [5.74, 6) is 22.6. The van der Waals surface area contributed by atoms with Gasteiger partial charge in [-0.25, -0.2) is 19.2 Å². The quantitative estimate of drug-likeness (QED) is 0.0133. The number of ether oxygens (including phenoxy) is 14. The third kappa shape index (κ3) is 28.0. The minimum Gasteiger partial charge on any atom is -0.497 e. The number of benzene rings is 15. The second-order valence-corrected chi connectivity index (χ2v) is 30.9. The van der Waals surface area contributed by atoms with Gasteiger partial charge in [0.05, 0.1) is 76.7 Å². The number of anilines is 12. The summed E-state index contributed by atoms with van der Waals surface area (Å²) >= 11 is 0. The second-order valence-electron chi connectivity index (χ2n) is 30.9. The standard InChI is InChI=1S/C54H36O9.C38H34N6O6.C24H24N6O3/c1-58-49-28-25-40(22-19-37-13-7-4-8-14-37)31-46(49)52(55)61-43-34-44(62-53(56)47-32-41(26-29-50(47)59-2)23-20-38-15-9-5-10-16-38)36-45(35-43)63-54(57)48-33-42(27-30-51(48)60-3)24-21-39-17-11-6-12-18-39;1-46-31-20-16-28(22-33(31)48-3)40-37-42-36(43-38(44-37)41-29-17-21-32(47-2)34(23-29)49-4)39-27-14-10-26(11-15-27)35(45)50-30-18-12-25(13-19-30)24-8-6-5-7-9-24;1-31-19-10-4-16(5-11-19)25-22-28-23(26-17-6-12-20(32-2)13-7-17)30-24(29-22)27-18-8-14-21(33-3)15-9-18/h4-18,25-36H,1-3H3;5-23H,1-4H3,(H3,39,40,41,42,43,44);4-15H,1-3H3,(H3,25,26,27,28,29,30). The Kier molecular flexibility index (Phi) is 34.2. The summed E-state index contributed by atoms with van der Waals surface area (Å²) in [6.45, 7) is 0. The molecule has 6 N–H and O–H groups in total. The molecule has 0 aliphatic heterocycles. The Morgan fingerprint density at radius 3 is 0.719 bits per heavy atom. The summed E-state index contributed by atoms with van der Waals surface area (Å²) in [5, 5.41) is 19.2. The molecule has 0 saturated heterocycles. The van der Waals surface area contributed by atoms with E-state index in [0.717, 1.165) is 62.1 Å². The van der Waals surface area contributed by atoms with Crippen LogP contribution in [0.5, 0.6) is 80.5 Å². The third-order valence-electron chi connectivity index (χ3n) is 21.3. The van der Waals surface area contributed by atoms with Crippen molar-refractivity contribution < 1.29 is 85.5 Å². The van der Waals surface area contributed by atoms with Crippen molar-refractivity contribution in [2.75, 3.05) is 103 Å². The maximum Gasteiger partial charge on any atom is 0.347 e. The molecule has 30 nitrogen and oxygen atoms in total. The number of nitrogens with zero attached hydrogens (tertiary/aromatic N) is 6. The summed E-state index contributed by atoms with van der Waals surface area (Å²) in [7, 11) is 15.4. The van der Waals surface area contributed by atoms with Crippen LogP contribution < -0.4 is 98.2 Å². The fourth-order valence-electron chi connectivity index (χ4n) is 14.0. The van der Waals surface area contributed by atoms with Crippen molar-refractivity contribution >= 4 is 93.7 Å². The van der Waals surface area contributed by atoms with Crippen molar-refractivity contribution in [1.29, 1.82) is 0 Å². The molecular weight excluding hydrogens is 1850 g/mol. The van der Waals surface area contributed by atoms with Gasteiger partial charge in [-0.1, -0.05) is 133 Å². The molecular formula is C116H94N12O18. The Morgan fingerprint density at radius 1 is 0.192 bits per heavy atom. The third-order valence-corrected chi connectivity index (χ3v) is 21.3. The van der Waals surface area contributed by atoms with Crippen molar-refractivity contribution in [3.05, 3.63) is 407 Å². The molecule has 0 spiro atoms. The molecule has 30 heteroatoms. The minimum absolute atomic E-state index is 0.0645. The lowest BCUT2D eigenvalue weighted by Crippen LogP contribution is -2.14. The number of rotatable bonds is 31. The SMILES string of the molecule is COc1ccc(C#Cc2ccccc2)cc1C(=O)Oc1cc(OC(=O)c2cc(C#Cc3ccccc3)ccc2OC)cc(OC(=O)c2cc(C#Cc3ccccc3)ccc2OC)c1.COc1ccc(Nc2nc(Nc3ccc(C(=O)Oc4ccc(-c5ccccc5)cc4)cc3)nc(Nc3ccc(OC)c(OC)c3)n2)cc1OC.COc1ccc(Nc2nc(Nc3ccc(OC)cc3)nc(Nc3ccc(OC)cc3)n2)cc1. The zero-order chi connectivity index (χ0) is 102. The van der Waals surface area contributed by atoms with Crippen LogP contribution in [0.3, 0.4) is 0 Å². The monoisotopic (exact) mass is 1940 g/mol. The molecule has 0 saturated carbocycles. The van der Waals surface area contributed by atoms with Crippen molar-refractivity contribution in [3.8, 4) is 127 Å². The first-order valence-corrected chi connectivity index (χ1v) is 44.9. The Morgan fingerprint density at radius 2 is 0.432 bits per heavy atom. The van der Waals surface area contributed by atoms with Crippen LogP contribution in [0.15, 0.2) is 352 Å². The van der Waals surface area contributed by atoms with E-state index in [1.54, 1.807) is 165 Å². The van der Waals surface area contributed by atoms with Crippen LogP contribution in [0.2, 0.25) is 0 Å². The van der Waals surface area contributed by atoms with Gasteiger partial charge in [-0.05, 0) is 236 Å². The molecule has 2 heterocycles.